The Morgan fingerprint density at radius 3 is 3.00 bits per heavy atom. The van der Waals surface area contributed by atoms with Gasteiger partial charge in [-0.15, -0.1) is 5.10 Å². The van der Waals surface area contributed by atoms with Gasteiger partial charge >= 0.3 is 0 Å². The lowest BCUT2D eigenvalue weighted by Crippen LogP contribution is -2.01. The molecule has 1 fully saturated rings. The van der Waals surface area contributed by atoms with E-state index in [1.807, 2.05) is 0 Å². The van der Waals surface area contributed by atoms with E-state index >= 15 is 0 Å². The Hall–Kier alpha value is -0.650. The fraction of sp³-hybridized carbons (Fsp3) is 0.455. The van der Waals surface area contributed by atoms with Crippen LogP contribution >= 0.6 is 22.6 Å². The second kappa shape index (κ2) is 3.43. The molecule has 1 aromatic carbocycles. The standard InChI is InChI=1S/C11H12IN3/c1-7-2-5-9-11(10(7)12)13-14-15(9)6-8-3-4-8/h2,5,8H,3-4,6H2,1H3. The van der Waals surface area contributed by atoms with Gasteiger partial charge in [-0.05, 0) is 59.9 Å². The van der Waals surface area contributed by atoms with Crippen molar-refractivity contribution in [1.82, 2.24) is 15.0 Å². The molecule has 3 nitrogen and oxygen atoms in total. The lowest BCUT2D eigenvalue weighted by Gasteiger charge is -2.01. The Morgan fingerprint density at radius 2 is 2.27 bits per heavy atom. The number of rotatable bonds is 2. The normalized spacial score (nSPS) is 16.1. The van der Waals surface area contributed by atoms with E-state index in [1.54, 1.807) is 0 Å². The van der Waals surface area contributed by atoms with Crippen LogP contribution in [-0.4, -0.2) is 15.0 Å². The topological polar surface area (TPSA) is 30.7 Å². The third kappa shape index (κ3) is 1.64. The van der Waals surface area contributed by atoms with Gasteiger partial charge in [0.2, 0.25) is 0 Å². The van der Waals surface area contributed by atoms with Gasteiger partial charge in [0.25, 0.3) is 0 Å². The molecule has 0 N–H and O–H groups in total. The summed E-state index contributed by atoms with van der Waals surface area (Å²) in [5.41, 5.74) is 3.51. The van der Waals surface area contributed by atoms with Crippen LogP contribution in [0.2, 0.25) is 0 Å². The highest BCUT2D eigenvalue weighted by Crippen LogP contribution is 2.31. The Labute approximate surface area is 102 Å². The molecule has 15 heavy (non-hydrogen) atoms. The Balaban J connectivity index is 2.12. The molecule has 4 heteroatoms. The zero-order chi connectivity index (χ0) is 10.4. The Bertz CT molecular complexity index is 514. The van der Waals surface area contributed by atoms with Gasteiger partial charge in [-0.3, -0.25) is 0 Å². The van der Waals surface area contributed by atoms with Crippen LogP contribution in [0.15, 0.2) is 12.1 Å². The van der Waals surface area contributed by atoms with Gasteiger partial charge in [0.05, 0.1) is 5.52 Å². The van der Waals surface area contributed by atoms with Gasteiger partial charge < -0.3 is 0 Å². The van der Waals surface area contributed by atoms with E-state index in [1.165, 1.54) is 27.5 Å². The summed E-state index contributed by atoms with van der Waals surface area (Å²) in [4.78, 5) is 0. The average molecular weight is 313 g/mol. The summed E-state index contributed by atoms with van der Waals surface area (Å²) in [6.07, 6.45) is 2.70. The second-order valence-corrected chi connectivity index (χ2v) is 5.36. The number of aromatic nitrogens is 3. The fourth-order valence-electron chi connectivity index (χ4n) is 1.79. The third-order valence-electron chi connectivity index (χ3n) is 2.95. The minimum Gasteiger partial charge on any atom is -0.244 e. The fourth-order valence-corrected chi connectivity index (χ4v) is 2.35. The van der Waals surface area contributed by atoms with Crippen molar-refractivity contribution in [3.8, 4) is 0 Å². The number of benzene rings is 1. The number of hydrogen-bond donors (Lipinski definition) is 0. The minimum absolute atomic E-state index is 0.842. The third-order valence-corrected chi connectivity index (χ3v) is 4.31. The van der Waals surface area contributed by atoms with E-state index in [4.69, 9.17) is 0 Å². The molecule has 3 rings (SSSR count). The second-order valence-electron chi connectivity index (χ2n) is 4.28. The molecule has 0 aliphatic heterocycles. The summed E-state index contributed by atoms with van der Waals surface area (Å²) in [6.45, 7) is 3.15. The predicted octanol–water partition coefficient (Wildman–Crippen LogP) is 2.75. The lowest BCUT2D eigenvalue weighted by molar-refractivity contribution is 0.559. The largest absolute Gasteiger partial charge is 0.244 e. The van der Waals surface area contributed by atoms with E-state index in [0.717, 1.165) is 18.0 Å². The van der Waals surface area contributed by atoms with Gasteiger partial charge in [0.1, 0.15) is 5.52 Å². The van der Waals surface area contributed by atoms with E-state index < -0.39 is 0 Å². The van der Waals surface area contributed by atoms with Crippen LogP contribution in [0.3, 0.4) is 0 Å². The quantitative estimate of drug-likeness (QED) is 0.798. The summed E-state index contributed by atoms with van der Waals surface area (Å²) < 4.78 is 3.28. The molecule has 1 aromatic heterocycles. The first-order valence-electron chi connectivity index (χ1n) is 5.24. The molecule has 0 amide bonds. The molecule has 1 aliphatic rings. The van der Waals surface area contributed by atoms with Crippen LogP contribution in [0.5, 0.6) is 0 Å². The van der Waals surface area contributed by atoms with Gasteiger partial charge in [0.15, 0.2) is 0 Å². The van der Waals surface area contributed by atoms with Crippen molar-refractivity contribution in [2.45, 2.75) is 26.3 Å². The van der Waals surface area contributed by atoms with Crippen LogP contribution in [0, 0.1) is 16.4 Å². The van der Waals surface area contributed by atoms with Crippen molar-refractivity contribution in [3.05, 3.63) is 21.3 Å². The highest BCUT2D eigenvalue weighted by Gasteiger charge is 2.23. The Kier molecular flexibility index (Phi) is 2.19. The average Bonchev–Trinajstić information content (AvgIpc) is 2.93. The molecule has 1 heterocycles. The summed E-state index contributed by atoms with van der Waals surface area (Å²) in [6, 6.07) is 4.28. The maximum absolute atomic E-state index is 4.27. The summed E-state index contributed by atoms with van der Waals surface area (Å²) in [7, 11) is 0. The van der Waals surface area contributed by atoms with E-state index in [0.29, 0.717) is 0 Å². The smallest absolute Gasteiger partial charge is 0.126 e. The molecule has 0 saturated heterocycles. The summed E-state index contributed by atoms with van der Waals surface area (Å²) in [5, 5.41) is 8.50. The zero-order valence-corrected chi connectivity index (χ0v) is 10.7. The van der Waals surface area contributed by atoms with Crippen molar-refractivity contribution >= 4 is 33.6 Å². The van der Waals surface area contributed by atoms with Crippen molar-refractivity contribution in [3.63, 3.8) is 0 Å². The van der Waals surface area contributed by atoms with Crippen molar-refractivity contribution in [2.24, 2.45) is 5.92 Å². The molecular formula is C11H12IN3. The number of hydrogen-bond acceptors (Lipinski definition) is 2. The predicted molar refractivity (Wildman–Crippen MR) is 67.7 cm³/mol. The molecule has 1 saturated carbocycles. The highest BCUT2D eigenvalue weighted by atomic mass is 127. The number of nitrogens with zero attached hydrogens (tertiary/aromatic N) is 3. The van der Waals surface area contributed by atoms with E-state index in [-0.39, 0.29) is 0 Å². The minimum atomic E-state index is 0.842. The monoisotopic (exact) mass is 313 g/mol. The first-order valence-corrected chi connectivity index (χ1v) is 6.32. The highest BCUT2D eigenvalue weighted by molar-refractivity contribution is 14.1. The van der Waals surface area contributed by atoms with Crippen LogP contribution in [0.25, 0.3) is 11.0 Å². The van der Waals surface area contributed by atoms with Gasteiger partial charge in [-0.25, -0.2) is 4.68 Å². The number of halogens is 1. The molecule has 78 valence electrons. The molecule has 2 aromatic rings. The number of fused-ring (bicyclic) bond motifs is 1. The lowest BCUT2D eigenvalue weighted by atomic mass is 10.2. The van der Waals surface area contributed by atoms with Gasteiger partial charge in [-0.1, -0.05) is 11.3 Å². The molecular weight excluding hydrogens is 301 g/mol. The van der Waals surface area contributed by atoms with E-state index in [2.05, 4.69) is 56.6 Å². The van der Waals surface area contributed by atoms with E-state index in [9.17, 15) is 0 Å². The number of aryl methyl sites for hydroxylation is 1. The van der Waals surface area contributed by atoms with Crippen LogP contribution in [0.4, 0.5) is 0 Å². The first-order chi connectivity index (χ1) is 7.25. The maximum Gasteiger partial charge on any atom is 0.126 e. The molecule has 1 aliphatic carbocycles. The molecule has 0 radical (unpaired) electrons. The van der Waals surface area contributed by atoms with Gasteiger partial charge in [0, 0.05) is 10.1 Å². The maximum atomic E-state index is 4.27. The zero-order valence-electron chi connectivity index (χ0n) is 8.57. The molecule has 0 atom stereocenters. The summed E-state index contributed by atoms with van der Waals surface area (Å²) >= 11 is 2.35. The van der Waals surface area contributed by atoms with Crippen LogP contribution < -0.4 is 0 Å². The van der Waals surface area contributed by atoms with Crippen LogP contribution in [-0.2, 0) is 6.54 Å². The SMILES string of the molecule is Cc1ccc2c(nnn2CC2CC2)c1I. The van der Waals surface area contributed by atoms with Gasteiger partial charge in [-0.2, -0.15) is 0 Å². The molecule has 0 unspecified atom stereocenters. The van der Waals surface area contributed by atoms with Crippen molar-refractivity contribution in [1.29, 1.82) is 0 Å². The first kappa shape index (κ1) is 9.57. The summed E-state index contributed by atoms with van der Waals surface area (Å²) in [5.74, 6) is 0.842. The molecule has 0 spiro atoms. The Morgan fingerprint density at radius 1 is 1.47 bits per heavy atom. The van der Waals surface area contributed by atoms with Crippen molar-refractivity contribution < 1.29 is 0 Å². The van der Waals surface area contributed by atoms with Crippen molar-refractivity contribution in [2.75, 3.05) is 0 Å². The molecule has 0 bridgehead atoms. The van der Waals surface area contributed by atoms with Crippen LogP contribution in [0.1, 0.15) is 18.4 Å².